The van der Waals surface area contributed by atoms with E-state index in [1.54, 1.807) is 4.90 Å². The minimum absolute atomic E-state index is 0.113. The molecule has 3 N–H and O–H groups in total. The van der Waals surface area contributed by atoms with E-state index in [1.165, 1.54) is 24.7 Å². The maximum absolute atomic E-state index is 13.7. The molecule has 70 heavy (non-hydrogen) atoms. The number of rotatable bonds is 11. The average Bonchev–Trinajstić information content (AvgIpc) is 3.95. The van der Waals surface area contributed by atoms with Crippen LogP contribution in [0.1, 0.15) is 110 Å². The van der Waals surface area contributed by atoms with Gasteiger partial charge in [-0.2, -0.15) is 5.10 Å². The largest absolute Gasteiger partial charge is 0.457 e. The van der Waals surface area contributed by atoms with Gasteiger partial charge in [-0.05, 0) is 156 Å². The third-order valence-corrected chi connectivity index (χ3v) is 16.3. The molecule has 1 atom stereocenters. The quantitative estimate of drug-likeness (QED) is 0.128. The number of anilines is 1. The van der Waals surface area contributed by atoms with E-state index in [1.807, 2.05) is 60.7 Å². The van der Waals surface area contributed by atoms with Crippen molar-refractivity contribution in [2.24, 2.45) is 5.92 Å². The van der Waals surface area contributed by atoms with E-state index in [9.17, 15) is 19.2 Å². The zero-order valence-corrected chi connectivity index (χ0v) is 40.1. The predicted molar refractivity (Wildman–Crippen MR) is 266 cm³/mol. The van der Waals surface area contributed by atoms with Gasteiger partial charge in [0.2, 0.25) is 11.8 Å². The van der Waals surface area contributed by atoms with Gasteiger partial charge in [-0.15, -0.1) is 0 Å². The number of nitrogens with one attached hydrogen (secondary N) is 1. The Kier molecular flexibility index (Phi) is 13.2. The smallest absolute Gasteiger partial charge is 0.319 e. The van der Waals surface area contributed by atoms with Crippen molar-refractivity contribution in [2.45, 2.75) is 108 Å². The monoisotopic (exact) mass is 948 g/mol. The van der Waals surface area contributed by atoms with Crippen molar-refractivity contribution in [2.75, 3.05) is 64.6 Å². The van der Waals surface area contributed by atoms with Crippen LogP contribution in [-0.2, 0) is 16.1 Å². The number of nitrogens with zero attached hydrogens (tertiary/aromatic N) is 9. The molecule has 0 spiro atoms. The van der Waals surface area contributed by atoms with Crippen molar-refractivity contribution in [3.05, 3.63) is 95.8 Å². The first-order chi connectivity index (χ1) is 34.2. The van der Waals surface area contributed by atoms with Gasteiger partial charge in [-0.1, -0.05) is 30.3 Å². The lowest BCUT2D eigenvalue weighted by atomic mass is 9.87. The number of aromatic nitrogens is 4. The number of likely N-dealkylation sites (tertiary alicyclic amines) is 4. The minimum Gasteiger partial charge on any atom is -0.457 e. The SMILES string of the molecule is Nc1ncnc2c1c(-c1ccc(Oc3ccccc3)cc1)nn2C1CCN(C2CCN(C(=O)N3CCC(CCCN4CCC(c5ccc6c(c5)CN(C5CCC(=O)NC5=O)C6=O)CC4)CC3)CC2)CC1. The second-order valence-electron chi connectivity index (χ2n) is 20.5. The molecule has 5 fully saturated rings. The van der Waals surface area contributed by atoms with Crippen molar-refractivity contribution in [1.29, 1.82) is 0 Å². The number of nitrogen functional groups attached to an aromatic ring is 1. The topological polar surface area (TPSA) is 175 Å². The molecule has 5 aromatic rings. The fourth-order valence-electron chi connectivity index (χ4n) is 12.2. The van der Waals surface area contributed by atoms with Crippen LogP contribution in [0.25, 0.3) is 22.3 Å². The molecule has 16 nitrogen and oxygen atoms in total. The van der Waals surface area contributed by atoms with E-state index in [0.717, 1.165) is 150 Å². The van der Waals surface area contributed by atoms with E-state index < -0.39 is 6.04 Å². The minimum atomic E-state index is -0.583. The standard InChI is InChI=1S/C54H65N11O5/c55-50-48-49(38-8-11-44(12-9-38)70-43-6-2-1-3-7-43)59-65(51(48)57-35-56-50)42-22-29-61(30-23-42)41-20-31-63(32-21-41)54(69)62-27-16-36(17-28-62)5-4-24-60-25-18-37(19-26-60)39-10-13-45-40(33-39)34-64(53(45)68)46-14-15-47(66)58-52(46)67/h1-3,6-13,33,35-37,41-42,46H,4-5,14-32,34H2,(H2,55,56,57)(H,58,66,67). The summed E-state index contributed by atoms with van der Waals surface area (Å²) in [5.41, 5.74) is 11.9. The van der Waals surface area contributed by atoms with E-state index in [2.05, 4.69) is 51.7 Å². The van der Waals surface area contributed by atoms with Gasteiger partial charge in [0.1, 0.15) is 35.4 Å². The molecule has 11 rings (SSSR count). The molecule has 16 heteroatoms. The number of para-hydroxylation sites is 1. The molecule has 2 aromatic heterocycles. The number of fused-ring (bicyclic) bond motifs is 2. The Morgan fingerprint density at radius 1 is 0.743 bits per heavy atom. The molecule has 5 saturated heterocycles. The zero-order chi connectivity index (χ0) is 47.7. The molecule has 3 aromatic carbocycles. The number of benzene rings is 3. The second kappa shape index (κ2) is 20.1. The summed E-state index contributed by atoms with van der Waals surface area (Å²) in [5, 5.41) is 8.32. The summed E-state index contributed by atoms with van der Waals surface area (Å²) in [5.74, 6) is 2.35. The molecule has 1 unspecified atom stereocenters. The average molecular weight is 948 g/mol. The van der Waals surface area contributed by atoms with Gasteiger partial charge in [-0.25, -0.2) is 19.4 Å². The lowest BCUT2D eigenvalue weighted by Crippen LogP contribution is -2.53. The number of nitrogens with two attached hydrogens (primary N) is 1. The van der Waals surface area contributed by atoms with Crippen LogP contribution < -0.4 is 15.8 Å². The highest BCUT2D eigenvalue weighted by atomic mass is 16.5. The Hall–Kier alpha value is -6.39. The highest BCUT2D eigenvalue weighted by molar-refractivity contribution is 6.05. The number of piperidine rings is 5. The van der Waals surface area contributed by atoms with Crippen molar-refractivity contribution < 1.29 is 23.9 Å². The zero-order valence-electron chi connectivity index (χ0n) is 40.1. The molecule has 0 saturated carbocycles. The number of amides is 5. The molecule has 0 radical (unpaired) electrons. The van der Waals surface area contributed by atoms with Gasteiger partial charge in [0, 0.05) is 69.4 Å². The maximum Gasteiger partial charge on any atom is 0.319 e. The Labute approximate surface area is 409 Å². The summed E-state index contributed by atoms with van der Waals surface area (Å²) in [6.07, 6.45) is 12.9. The fraction of sp³-hybridized carbons (Fsp3) is 0.500. The second-order valence-corrected chi connectivity index (χ2v) is 20.5. The van der Waals surface area contributed by atoms with E-state index in [-0.39, 0.29) is 36.2 Å². The first-order valence-electron chi connectivity index (χ1n) is 25.8. The van der Waals surface area contributed by atoms with Crippen LogP contribution in [0.3, 0.4) is 0 Å². The van der Waals surface area contributed by atoms with Gasteiger partial charge in [-0.3, -0.25) is 19.7 Å². The number of imide groups is 1. The van der Waals surface area contributed by atoms with Gasteiger partial charge in [0.25, 0.3) is 5.91 Å². The van der Waals surface area contributed by atoms with Crippen LogP contribution in [0, 0.1) is 5.92 Å². The van der Waals surface area contributed by atoms with Crippen molar-refractivity contribution >= 4 is 40.6 Å². The summed E-state index contributed by atoms with van der Waals surface area (Å²) >= 11 is 0. The third-order valence-electron chi connectivity index (χ3n) is 16.3. The molecule has 5 amide bonds. The fourth-order valence-corrected chi connectivity index (χ4v) is 12.2. The van der Waals surface area contributed by atoms with Crippen LogP contribution in [-0.4, -0.2) is 139 Å². The van der Waals surface area contributed by atoms with Crippen molar-refractivity contribution in [1.82, 2.24) is 49.6 Å². The Bertz CT molecular complexity index is 2700. The molecular formula is C54H65N11O5. The summed E-state index contributed by atoms with van der Waals surface area (Å²) < 4.78 is 8.11. The number of carbonyl (C=O) groups is 4. The van der Waals surface area contributed by atoms with Gasteiger partial charge in [0.05, 0.1) is 11.4 Å². The van der Waals surface area contributed by atoms with Crippen LogP contribution in [0.5, 0.6) is 11.5 Å². The Morgan fingerprint density at radius 2 is 1.44 bits per heavy atom. The van der Waals surface area contributed by atoms with Crippen LogP contribution in [0.15, 0.2) is 79.1 Å². The van der Waals surface area contributed by atoms with Crippen LogP contribution in [0.4, 0.5) is 10.6 Å². The highest BCUT2D eigenvalue weighted by Crippen LogP contribution is 2.37. The first kappa shape index (κ1) is 46.0. The highest BCUT2D eigenvalue weighted by Gasteiger charge is 2.40. The van der Waals surface area contributed by atoms with Crippen LogP contribution in [0.2, 0.25) is 0 Å². The summed E-state index contributed by atoms with van der Waals surface area (Å²) in [6, 6.07) is 24.2. The maximum atomic E-state index is 13.7. The summed E-state index contributed by atoms with van der Waals surface area (Å²) in [6.45, 7) is 8.98. The summed E-state index contributed by atoms with van der Waals surface area (Å²) in [7, 11) is 0. The number of ether oxygens (including phenoxy) is 1. The molecule has 8 heterocycles. The molecule has 366 valence electrons. The lowest BCUT2D eigenvalue weighted by Gasteiger charge is -2.43. The lowest BCUT2D eigenvalue weighted by molar-refractivity contribution is -0.136. The van der Waals surface area contributed by atoms with Gasteiger partial charge < -0.3 is 35.0 Å². The van der Waals surface area contributed by atoms with Crippen molar-refractivity contribution in [3.8, 4) is 22.8 Å². The van der Waals surface area contributed by atoms with E-state index in [4.69, 9.17) is 15.6 Å². The predicted octanol–water partition coefficient (Wildman–Crippen LogP) is 7.22. The third kappa shape index (κ3) is 9.59. The first-order valence-corrected chi connectivity index (χ1v) is 25.8. The molecule has 6 aliphatic rings. The molecule has 0 aliphatic carbocycles. The van der Waals surface area contributed by atoms with E-state index in [0.29, 0.717) is 42.2 Å². The number of hydrogen-bond acceptors (Lipinski definition) is 11. The van der Waals surface area contributed by atoms with Gasteiger partial charge >= 0.3 is 6.03 Å². The van der Waals surface area contributed by atoms with Crippen LogP contribution >= 0.6 is 0 Å². The number of urea groups is 1. The molecule has 0 bridgehead atoms. The summed E-state index contributed by atoms with van der Waals surface area (Å²) in [4.78, 5) is 71.2. The Morgan fingerprint density at radius 3 is 2.17 bits per heavy atom. The Balaban J connectivity index is 0.590. The normalized spacial score (nSPS) is 21.7. The van der Waals surface area contributed by atoms with Crippen molar-refractivity contribution in [3.63, 3.8) is 0 Å². The molecule has 6 aliphatic heterocycles. The van der Waals surface area contributed by atoms with E-state index >= 15 is 0 Å². The number of carbonyl (C=O) groups excluding carboxylic acids is 4. The molecular weight excluding hydrogens is 883 g/mol. The van der Waals surface area contributed by atoms with Gasteiger partial charge in [0.15, 0.2) is 5.65 Å². The number of hydrogen-bond donors (Lipinski definition) is 2.